The van der Waals surface area contributed by atoms with E-state index in [1.54, 1.807) is 0 Å². The van der Waals surface area contributed by atoms with Gasteiger partial charge in [-0.3, -0.25) is 9.59 Å². The summed E-state index contributed by atoms with van der Waals surface area (Å²) in [6.45, 7) is 2.22. The van der Waals surface area contributed by atoms with E-state index in [1.165, 1.54) is 4.90 Å². The van der Waals surface area contributed by atoms with Gasteiger partial charge in [-0.15, -0.1) is 0 Å². The summed E-state index contributed by atoms with van der Waals surface area (Å²) in [5.41, 5.74) is 0.284. The van der Waals surface area contributed by atoms with Crippen LogP contribution < -0.4 is 4.90 Å². The van der Waals surface area contributed by atoms with Crippen LogP contribution in [0.15, 0.2) is 42.5 Å². The number of hydrogen-bond acceptors (Lipinski definition) is 3. The van der Waals surface area contributed by atoms with Gasteiger partial charge in [-0.2, -0.15) is 13.2 Å². The first-order valence-corrected chi connectivity index (χ1v) is 12.3. The van der Waals surface area contributed by atoms with Crippen LogP contribution in [-0.2, 0) is 6.18 Å². The highest BCUT2D eigenvalue weighted by Gasteiger charge is 2.35. The molecule has 2 aliphatic rings. The fraction of sp³-hybridized carbons (Fsp3) is 0.481. The summed E-state index contributed by atoms with van der Waals surface area (Å²) in [6.07, 6.45) is -1.44. The molecule has 0 atom stereocenters. The first kappa shape index (κ1) is 26.0. The van der Waals surface area contributed by atoms with Crippen molar-refractivity contribution in [1.82, 2.24) is 9.80 Å². The van der Waals surface area contributed by atoms with Gasteiger partial charge in [0.2, 0.25) is 0 Å². The lowest BCUT2D eigenvalue weighted by Gasteiger charge is -2.40. The lowest BCUT2D eigenvalue weighted by atomic mass is 9.78. The summed E-state index contributed by atoms with van der Waals surface area (Å²) < 4.78 is 52.8. The summed E-state index contributed by atoms with van der Waals surface area (Å²) in [7, 11) is 3.90. The van der Waals surface area contributed by atoms with Gasteiger partial charge in [0.25, 0.3) is 11.8 Å². The Kier molecular flexibility index (Phi) is 7.57. The number of benzene rings is 2. The van der Waals surface area contributed by atoms with Crippen LogP contribution in [0.2, 0.25) is 0 Å². The molecule has 0 bridgehead atoms. The Morgan fingerprint density at radius 3 is 1.69 bits per heavy atom. The molecule has 0 saturated carbocycles. The molecule has 5 nitrogen and oxygen atoms in total. The van der Waals surface area contributed by atoms with Crippen molar-refractivity contribution < 1.29 is 27.2 Å². The van der Waals surface area contributed by atoms with Crippen molar-refractivity contribution in [3.05, 3.63) is 65.0 Å². The summed E-state index contributed by atoms with van der Waals surface area (Å²) in [5.74, 6) is -0.776. The molecule has 2 saturated heterocycles. The van der Waals surface area contributed by atoms with E-state index < -0.39 is 23.5 Å². The average molecular weight is 506 g/mol. The third-order valence-corrected chi connectivity index (χ3v) is 7.42. The van der Waals surface area contributed by atoms with Crippen LogP contribution >= 0.6 is 0 Å². The van der Waals surface area contributed by atoms with E-state index in [9.17, 15) is 27.2 Å². The molecule has 2 heterocycles. The fourth-order valence-electron chi connectivity index (χ4n) is 5.29. The number of rotatable bonds is 4. The molecule has 36 heavy (non-hydrogen) atoms. The Balaban J connectivity index is 1.29. The Morgan fingerprint density at radius 1 is 0.778 bits per heavy atom. The standard InChI is InChI=1S/C27H31F4N3O2/c1-32(2)24-5-3-20(4-6-24)25(35)33-11-7-18(8-12-33)19-9-13-34(14-10-19)26(36)21-15-22(27(29,30)31)17-23(28)16-21/h3-6,15-19H,7-14H2,1-2H3. The molecule has 0 N–H and O–H groups in total. The molecule has 0 unspecified atom stereocenters. The molecular formula is C27H31F4N3O2. The molecule has 0 aromatic heterocycles. The van der Waals surface area contributed by atoms with E-state index in [0.717, 1.165) is 43.5 Å². The van der Waals surface area contributed by atoms with Crippen molar-refractivity contribution in [2.24, 2.45) is 11.8 Å². The predicted molar refractivity (Wildman–Crippen MR) is 129 cm³/mol. The van der Waals surface area contributed by atoms with Crippen molar-refractivity contribution in [3.63, 3.8) is 0 Å². The molecule has 2 aliphatic heterocycles. The van der Waals surface area contributed by atoms with Crippen LogP contribution in [0, 0.1) is 17.7 Å². The molecule has 2 aromatic rings. The maximum absolute atomic E-state index is 13.7. The van der Waals surface area contributed by atoms with Gasteiger partial charge in [0.15, 0.2) is 0 Å². The van der Waals surface area contributed by atoms with Gasteiger partial charge < -0.3 is 14.7 Å². The average Bonchev–Trinajstić information content (AvgIpc) is 2.87. The zero-order valence-electron chi connectivity index (χ0n) is 20.5. The minimum absolute atomic E-state index is 0.0347. The predicted octanol–water partition coefficient (Wildman–Crippen LogP) is 5.32. The quantitative estimate of drug-likeness (QED) is 0.529. The van der Waals surface area contributed by atoms with E-state index in [1.807, 2.05) is 48.2 Å². The SMILES string of the molecule is CN(C)c1ccc(C(=O)N2CCC(C3CCN(C(=O)c4cc(F)cc(C(F)(F)F)c4)CC3)CC2)cc1. The van der Waals surface area contributed by atoms with Crippen molar-refractivity contribution in [3.8, 4) is 0 Å². The first-order valence-electron chi connectivity index (χ1n) is 12.3. The van der Waals surface area contributed by atoms with Crippen LogP contribution in [0.5, 0.6) is 0 Å². The monoisotopic (exact) mass is 505 g/mol. The second kappa shape index (κ2) is 10.5. The molecule has 9 heteroatoms. The van der Waals surface area contributed by atoms with E-state index in [-0.39, 0.29) is 11.5 Å². The third-order valence-electron chi connectivity index (χ3n) is 7.42. The number of likely N-dealkylation sites (tertiary alicyclic amines) is 2. The molecule has 2 aromatic carbocycles. The molecule has 0 aliphatic carbocycles. The summed E-state index contributed by atoms with van der Waals surface area (Å²) >= 11 is 0. The molecule has 194 valence electrons. The fourth-order valence-corrected chi connectivity index (χ4v) is 5.29. The largest absolute Gasteiger partial charge is 0.416 e. The number of anilines is 1. The maximum Gasteiger partial charge on any atom is 0.416 e. The minimum Gasteiger partial charge on any atom is -0.378 e. The van der Waals surface area contributed by atoms with Crippen molar-refractivity contribution in [1.29, 1.82) is 0 Å². The van der Waals surface area contributed by atoms with E-state index >= 15 is 0 Å². The number of halogens is 4. The first-order chi connectivity index (χ1) is 17.0. The van der Waals surface area contributed by atoms with Crippen LogP contribution in [0.4, 0.5) is 23.2 Å². The van der Waals surface area contributed by atoms with E-state index in [2.05, 4.69) is 0 Å². The number of alkyl halides is 3. The zero-order valence-corrected chi connectivity index (χ0v) is 20.5. The maximum atomic E-state index is 13.7. The number of hydrogen-bond donors (Lipinski definition) is 0. The Labute approximate surface area is 208 Å². The second-order valence-electron chi connectivity index (χ2n) is 9.93. The third kappa shape index (κ3) is 5.82. The smallest absolute Gasteiger partial charge is 0.378 e. The van der Waals surface area contributed by atoms with Crippen LogP contribution in [-0.4, -0.2) is 61.9 Å². The van der Waals surface area contributed by atoms with Gasteiger partial charge >= 0.3 is 6.18 Å². The zero-order chi connectivity index (χ0) is 26.0. The molecule has 0 spiro atoms. The van der Waals surface area contributed by atoms with Crippen LogP contribution in [0.3, 0.4) is 0 Å². The second-order valence-corrected chi connectivity index (χ2v) is 9.93. The summed E-state index contributed by atoms with van der Waals surface area (Å²) in [5, 5.41) is 0. The minimum atomic E-state index is -4.71. The molecular weight excluding hydrogens is 474 g/mol. The number of carbonyl (C=O) groups excluding carboxylic acids is 2. The molecule has 0 radical (unpaired) electrons. The van der Waals surface area contributed by atoms with Gasteiger partial charge in [-0.1, -0.05) is 0 Å². The highest BCUT2D eigenvalue weighted by atomic mass is 19.4. The normalized spacial score (nSPS) is 17.8. The molecule has 4 rings (SSSR count). The van der Waals surface area contributed by atoms with Gasteiger partial charge in [-0.25, -0.2) is 4.39 Å². The van der Waals surface area contributed by atoms with E-state index in [0.29, 0.717) is 49.6 Å². The summed E-state index contributed by atoms with van der Waals surface area (Å²) in [4.78, 5) is 31.1. The van der Waals surface area contributed by atoms with Gasteiger partial charge in [0, 0.05) is 57.1 Å². The summed E-state index contributed by atoms with van der Waals surface area (Å²) in [6, 6.07) is 9.56. The topological polar surface area (TPSA) is 43.9 Å². The highest BCUT2D eigenvalue weighted by molar-refractivity contribution is 5.95. The van der Waals surface area contributed by atoms with Crippen molar-refractivity contribution in [2.45, 2.75) is 31.9 Å². The lowest BCUT2D eigenvalue weighted by molar-refractivity contribution is -0.137. The Hall–Kier alpha value is -3.10. The highest BCUT2D eigenvalue weighted by Crippen LogP contribution is 2.34. The van der Waals surface area contributed by atoms with Crippen molar-refractivity contribution in [2.75, 3.05) is 45.2 Å². The van der Waals surface area contributed by atoms with E-state index in [4.69, 9.17) is 0 Å². The van der Waals surface area contributed by atoms with Gasteiger partial charge in [0.1, 0.15) is 5.82 Å². The Bertz CT molecular complexity index is 1090. The lowest BCUT2D eigenvalue weighted by Crippen LogP contribution is -2.44. The van der Waals surface area contributed by atoms with Crippen LogP contribution in [0.1, 0.15) is 52.0 Å². The number of nitrogens with zero attached hydrogens (tertiary/aromatic N) is 3. The number of amides is 2. The molecule has 2 amide bonds. The van der Waals surface area contributed by atoms with Gasteiger partial charge in [0.05, 0.1) is 5.56 Å². The van der Waals surface area contributed by atoms with Crippen molar-refractivity contribution >= 4 is 17.5 Å². The Morgan fingerprint density at radius 2 is 1.25 bits per heavy atom. The molecule has 2 fully saturated rings. The number of carbonyl (C=O) groups is 2. The number of piperidine rings is 2. The van der Waals surface area contributed by atoms with Crippen LogP contribution in [0.25, 0.3) is 0 Å². The van der Waals surface area contributed by atoms with Gasteiger partial charge in [-0.05, 0) is 80.0 Å².